The molecule has 1 heterocycles. The highest BCUT2D eigenvalue weighted by molar-refractivity contribution is 6.01. The predicted molar refractivity (Wildman–Crippen MR) is 90.1 cm³/mol. The molecule has 2 aromatic rings. The number of carbonyl (C=O) groups is 1. The first kappa shape index (κ1) is 16.3. The molecule has 0 atom stereocenters. The molecule has 1 aromatic heterocycles. The minimum atomic E-state index is -0.149. The molecule has 4 heteroatoms. The van der Waals surface area contributed by atoms with Crippen molar-refractivity contribution in [1.82, 2.24) is 9.63 Å². The second kappa shape index (κ2) is 6.36. The zero-order valence-corrected chi connectivity index (χ0v) is 14.0. The van der Waals surface area contributed by atoms with Crippen molar-refractivity contribution in [3.63, 3.8) is 0 Å². The molecule has 0 aliphatic heterocycles. The van der Waals surface area contributed by atoms with Crippen molar-refractivity contribution < 1.29 is 9.63 Å². The van der Waals surface area contributed by atoms with E-state index in [0.29, 0.717) is 18.2 Å². The Bertz CT molecular complexity index is 713. The quantitative estimate of drug-likeness (QED) is 0.620. The van der Waals surface area contributed by atoms with Crippen LogP contribution in [0.2, 0.25) is 0 Å². The van der Waals surface area contributed by atoms with Gasteiger partial charge in [0, 0.05) is 24.5 Å². The van der Waals surface area contributed by atoms with Crippen LogP contribution in [-0.2, 0) is 11.4 Å². The van der Waals surface area contributed by atoms with Crippen LogP contribution in [0.15, 0.2) is 30.9 Å². The summed E-state index contributed by atoms with van der Waals surface area (Å²) in [7, 11) is 3.11. The van der Waals surface area contributed by atoms with Gasteiger partial charge in [-0.1, -0.05) is 26.0 Å². The predicted octanol–water partition coefficient (Wildman–Crippen LogP) is 3.89. The first-order chi connectivity index (χ1) is 10.4. The molecule has 0 radical (unpaired) electrons. The number of hydrogen-bond acceptors (Lipinski definition) is 2. The number of fused-ring (bicyclic) bond motifs is 1. The van der Waals surface area contributed by atoms with Crippen molar-refractivity contribution >= 4 is 16.8 Å². The maximum Gasteiger partial charge on any atom is 0.294 e. The number of benzene rings is 1. The second-order valence-electron chi connectivity index (χ2n) is 5.79. The van der Waals surface area contributed by atoms with Gasteiger partial charge in [0.25, 0.3) is 5.91 Å². The van der Waals surface area contributed by atoms with Gasteiger partial charge in [-0.2, -0.15) is 0 Å². The molecule has 1 aromatic carbocycles. The van der Waals surface area contributed by atoms with Crippen LogP contribution in [0, 0.1) is 6.92 Å². The molecule has 1 amide bonds. The normalized spacial score (nSPS) is 11.2. The van der Waals surface area contributed by atoms with E-state index >= 15 is 0 Å². The fraction of sp³-hybridized carbons (Fsp3) is 0.389. The molecule has 0 spiro atoms. The van der Waals surface area contributed by atoms with Gasteiger partial charge in [-0.3, -0.25) is 9.63 Å². The molecule has 0 aliphatic rings. The summed E-state index contributed by atoms with van der Waals surface area (Å²) < 4.78 is 2.00. The summed E-state index contributed by atoms with van der Waals surface area (Å²) in [6.07, 6.45) is 1.80. The first-order valence-electron chi connectivity index (χ1n) is 7.48. The smallest absolute Gasteiger partial charge is 0.294 e. The van der Waals surface area contributed by atoms with Gasteiger partial charge in [0.2, 0.25) is 0 Å². The van der Waals surface area contributed by atoms with Crippen molar-refractivity contribution in [2.75, 3.05) is 14.2 Å². The minimum absolute atomic E-state index is 0.149. The van der Waals surface area contributed by atoms with Crippen molar-refractivity contribution in [2.24, 2.45) is 0 Å². The number of nitrogens with zero attached hydrogens (tertiary/aromatic N) is 2. The Labute approximate surface area is 131 Å². The van der Waals surface area contributed by atoms with E-state index in [4.69, 9.17) is 4.84 Å². The zero-order valence-electron chi connectivity index (χ0n) is 14.0. The van der Waals surface area contributed by atoms with Crippen LogP contribution in [0.1, 0.15) is 41.4 Å². The van der Waals surface area contributed by atoms with Crippen LogP contribution in [0.5, 0.6) is 0 Å². The molecule has 0 saturated heterocycles. The maximum absolute atomic E-state index is 12.6. The standard InChI is InChI=1S/C18H24N2O2/c1-7-10-20-16-9-8-14(12(2)3)11-15(16)13(4)17(20)18(21)19(5)22-6/h7-9,11-12H,1,10H2,2-6H3. The SMILES string of the molecule is C=CCn1c(C(=O)N(C)OC)c(C)c2cc(C(C)C)ccc21. The molecule has 0 unspecified atom stereocenters. The van der Waals surface area contributed by atoms with E-state index < -0.39 is 0 Å². The number of rotatable bonds is 5. The molecular formula is C18H24N2O2. The third-order valence-corrected chi connectivity index (χ3v) is 4.08. The van der Waals surface area contributed by atoms with Gasteiger partial charge in [0.05, 0.1) is 7.11 Å². The van der Waals surface area contributed by atoms with Crippen molar-refractivity contribution in [2.45, 2.75) is 33.2 Å². The van der Waals surface area contributed by atoms with Crippen LogP contribution in [0.25, 0.3) is 10.9 Å². The van der Waals surface area contributed by atoms with Crippen LogP contribution in [0.3, 0.4) is 0 Å². The number of allylic oxidation sites excluding steroid dienone is 1. The van der Waals surface area contributed by atoms with Gasteiger partial charge < -0.3 is 4.57 Å². The number of aryl methyl sites for hydroxylation is 1. The lowest BCUT2D eigenvalue weighted by atomic mass is 10.0. The Morgan fingerprint density at radius 2 is 2.14 bits per heavy atom. The highest BCUT2D eigenvalue weighted by atomic mass is 16.7. The van der Waals surface area contributed by atoms with Gasteiger partial charge in [0.15, 0.2) is 0 Å². The van der Waals surface area contributed by atoms with Crippen LogP contribution in [-0.4, -0.2) is 29.7 Å². The van der Waals surface area contributed by atoms with Crippen molar-refractivity contribution in [3.05, 3.63) is 47.7 Å². The topological polar surface area (TPSA) is 34.5 Å². The summed E-state index contributed by atoms with van der Waals surface area (Å²) in [6, 6.07) is 6.39. The van der Waals surface area contributed by atoms with Crippen LogP contribution < -0.4 is 0 Å². The Morgan fingerprint density at radius 1 is 1.45 bits per heavy atom. The highest BCUT2D eigenvalue weighted by Crippen LogP contribution is 2.29. The van der Waals surface area contributed by atoms with E-state index in [1.807, 2.05) is 11.5 Å². The third kappa shape index (κ3) is 2.66. The molecular weight excluding hydrogens is 276 g/mol. The van der Waals surface area contributed by atoms with Gasteiger partial charge in [0.1, 0.15) is 5.69 Å². The van der Waals surface area contributed by atoms with Gasteiger partial charge in [-0.05, 0) is 36.1 Å². The van der Waals surface area contributed by atoms with Crippen LogP contribution in [0.4, 0.5) is 0 Å². The number of hydroxylamine groups is 2. The lowest BCUT2D eigenvalue weighted by Crippen LogP contribution is -2.28. The maximum atomic E-state index is 12.6. The molecule has 0 bridgehead atoms. The fourth-order valence-corrected chi connectivity index (χ4v) is 2.73. The van der Waals surface area contributed by atoms with E-state index in [-0.39, 0.29) is 5.91 Å². The molecule has 0 saturated carbocycles. The number of carbonyl (C=O) groups excluding carboxylic acids is 1. The number of aromatic nitrogens is 1. The summed E-state index contributed by atoms with van der Waals surface area (Å²) in [4.78, 5) is 17.7. The monoisotopic (exact) mass is 300 g/mol. The molecule has 0 fully saturated rings. The van der Waals surface area contributed by atoms with Gasteiger partial charge >= 0.3 is 0 Å². The van der Waals surface area contributed by atoms with E-state index in [0.717, 1.165) is 16.5 Å². The second-order valence-corrected chi connectivity index (χ2v) is 5.79. The van der Waals surface area contributed by atoms with Crippen LogP contribution >= 0.6 is 0 Å². The van der Waals surface area contributed by atoms with E-state index in [2.05, 4.69) is 38.6 Å². The van der Waals surface area contributed by atoms with E-state index in [1.54, 1.807) is 13.1 Å². The van der Waals surface area contributed by atoms with Crippen molar-refractivity contribution in [3.8, 4) is 0 Å². The lowest BCUT2D eigenvalue weighted by molar-refractivity contribution is -0.0763. The lowest BCUT2D eigenvalue weighted by Gasteiger charge is -2.16. The Balaban J connectivity index is 2.73. The molecule has 4 nitrogen and oxygen atoms in total. The largest absolute Gasteiger partial charge is 0.332 e. The Hall–Kier alpha value is -2.07. The molecule has 2 rings (SSSR count). The first-order valence-corrected chi connectivity index (χ1v) is 7.48. The van der Waals surface area contributed by atoms with Gasteiger partial charge in [-0.15, -0.1) is 6.58 Å². The zero-order chi connectivity index (χ0) is 16.4. The summed E-state index contributed by atoms with van der Waals surface area (Å²) >= 11 is 0. The average Bonchev–Trinajstić information content (AvgIpc) is 2.78. The average molecular weight is 300 g/mol. The minimum Gasteiger partial charge on any atom is -0.332 e. The van der Waals surface area contributed by atoms with E-state index in [1.165, 1.54) is 17.7 Å². The molecule has 0 aliphatic carbocycles. The van der Waals surface area contributed by atoms with Gasteiger partial charge in [-0.25, -0.2) is 5.06 Å². The fourth-order valence-electron chi connectivity index (χ4n) is 2.73. The Morgan fingerprint density at radius 3 is 2.68 bits per heavy atom. The summed E-state index contributed by atoms with van der Waals surface area (Å²) in [5.74, 6) is 0.302. The highest BCUT2D eigenvalue weighted by Gasteiger charge is 2.23. The third-order valence-electron chi connectivity index (χ3n) is 4.08. The summed E-state index contributed by atoms with van der Waals surface area (Å²) in [5.41, 5.74) is 3.95. The number of amides is 1. The number of hydrogen-bond donors (Lipinski definition) is 0. The molecule has 0 N–H and O–H groups in total. The van der Waals surface area contributed by atoms with Crippen molar-refractivity contribution in [1.29, 1.82) is 0 Å². The van der Waals surface area contributed by atoms with E-state index in [9.17, 15) is 4.79 Å². The molecule has 118 valence electrons. The molecule has 22 heavy (non-hydrogen) atoms. The summed E-state index contributed by atoms with van der Waals surface area (Å²) in [5, 5.41) is 2.37. The summed E-state index contributed by atoms with van der Waals surface area (Å²) in [6.45, 7) is 10.7. The Kier molecular flexibility index (Phi) is 4.71.